The molecule has 1 aliphatic carbocycles. The number of carbonyl (C=O) groups is 1. The molecular weight excluding hydrogens is 368 g/mol. The van der Waals surface area contributed by atoms with Gasteiger partial charge in [0.25, 0.3) is 0 Å². The van der Waals surface area contributed by atoms with E-state index in [0.717, 1.165) is 25.7 Å². The van der Waals surface area contributed by atoms with Crippen molar-refractivity contribution in [3.8, 4) is 0 Å². The largest absolute Gasteiger partial charge is 0.394 e. The molecule has 1 aromatic carbocycles. The summed E-state index contributed by atoms with van der Waals surface area (Å²) in [6.07, 6.45) is 3.25. The first-order valence-corrected chi connectivity index (χ1v) is 11.0. The van der Waals surface area contributed by atoms with Gasteiger partial charge < -0.3 is 15.2 Å². The Hall–Kier alpha value is -1.48. The van der Waals surface area contributed by atoms with Crippen LogP contribution in [0.25, 0.3) is 0 Å². The summed E-state index contributed by atoms with van der Waals surface area (Å²) in [6, 6.07) is 6.68. The fraction of sp³-hybridized carbons (Fsp3) is 0.632. The van der Waals surface area contributed by atoms with E-state index in [1.54, 1.807) is 31.2 Å². The molecule has 27 heavy (non-hydrogen) atoms. The Balaban J connectivity index is 1.48. The highest BCUT2D eigenvalue weighted by atomic mass is 32.2. The molecule has 0 bridgehead atoms. The van der Waals surface area contributed by atoms with Crippen LogP contribution in [0, 0.1) is 12.8 Å². The smallest absolute Gasteiger partial charge is 0.240 e. The van der Waals surface area contributed by atoms with Gasteiger partial charge >= 0.3 is 0 Å². The Morgan fingerprint density at radius 1 is 1.22 bits per heavy atom. The molecule has 3 atom stereocenters. The van der Waals surface area contributed by atoms with Crippen LogP contribution in [-0.2, 0) is 19.6 Å². The lowest BCUT2D eigenvalue weighted by Gasteiger charge is -2.36. The van der Waals surface area contributed by atoms with Gasteiger partial charge in [0, 0.05) is 12.5 Å². The Morgan fingerprint density at radius 3 is 2.63 bits per heavy atom. The maximum atomic E-state index is 12.4. The second-order valence-corrected chi connectivity index (χ2v) is 9.13. The summed E-state index contributed by atoms with van der Waals surface area (Å²) in [5.74, 6) is 0.171. The van der Waals surface area contributed by atoms with Gasteiger partial charge in [-0.1, -0.05) is 18.2 Å². The third-order valence-electron chi connectivity index (χ3n) is 5.21. The predicted octanol–water partition coefficient (Wildman–Crippen LogP) is 1.10. The summed E-state index contributed by atoms with van der Waals surface area (Å²) in [6.45, 7) is 1.86. The van der Waals surface area contributed by atoms with Crippen molar-refractivity contribution in [3.05, 3.63) is 29.8 Å². The molecule has 0 unspecified atom stereocenters. The highest BCUT2D eigenvalue weighted by Crippen LogP contribution is 2.30. The summed E-state index contributed by atoms with van der Waals surface area (Å²) in [5.41, 5.74) is 0.702. The molecule has 1 saturated heterocycles. The number of rotatable bonds is 8. The minimum atomic E-state index is -3.55. The molecular formula is C19H28N2O5S. The van der Waals surface area contributed by atoms with Crippen LogP contribution >= 0.6 is 0 Å². The number of aliphatic hydroxyl groups is 1. The lowest BCUT2D eigenvalue weighted by molar-refractivity contribution is -0.129. The first kappa shape index (κ1) is 20.3. The number of aryl methyl sites for hydroxylation is 1. The summed E-state index contributed by atoms with van der Waals surface area (Å²) < 4.78 is 33.4. The van der Waals surface area contributed by atoms with E-state index in [-0.39, 0.29) is 42.0 Å². The van der Waals surface area contributed by atoms with Crippen LogP contribution in [-0.4, -0.2) is 50.8 Å². The van der Waals surface area contributed by atoms with Crippen LogP contribution < -0.4 is 10.0 Å². The number of amides is 1. The zero-order chi connectivity index (χ0) is 19.4. The minimum absolute atomic E-state index is 0.0477. The van der Waals surface area contributed by atoms with Gasteiger partial charge in [0.15, 0.2) is 0 Å². The van der Waals surface area contributed by atoms with Gasteiger partial charge in [-0.2, -0.15) is 0 Å². The van der Waals surface area contributed by atoms with Crippen molar-refractivity contribution in [1.29, 1.82) is 0 Å². The molecule has 0 aromatic heterocycles. The molecule has 0 radical (unpaired) electrons. The lowest BCUT2D eigenvalue weighted by Crippen LogP contribution is -2.51. The molecule has 2 fully saturated rings. The Kier molecular flexibility index (Phi) is 6.52. The fourth-order valence-electron chi connectivity index (χ4n) is 3.45. The van der Waals surface area contributed by atoms with E-state index in [2.05, 4.69) is 10.0 Å². The first-order chi connectivity index (χ1) is 12.9. The zero-order valence-electron chi connectivity index (χ0n) is 15.6. The van der Waals surface area contributed by atoms with Crippen molar-refractivity contribution in [2.24, 2.45) is 5.92 Å². The van der Waals surface area contributed by atoms with E-state index in [1.165, 1.54) is 0 Å². The van der Waals surface area contributed by atoms with Gasteiger partial charge in [-0.3, -0.25) is 4.79 Å². The van der Waals surface area contributed by atoms with Gasteiger partial charge in [0.05, 0.1) is 23.6 Å². The molecule has 1 amide bonds. The maximum absolute atomic E-state index is 12.4. The Bertz CT molecular complexity index is 763. The number of carbonyl (C=O) groups excluding carboxylic acids is 1. The number of aliphatic hydroxyl groups excluding tert-OH is 1. The summed E-state index contributed by atoms with van der Waals surface area (Å²) in [4.78, 5) is 12.2. The SMILES string of the molecule is Cc1ccccc1S(=O)(=O)NCC[C@@H]1CC[C@@H](NC(=O)C2CC2)[C@@H](CO)O1. The molecule has 7 nitrogen and oxygen atoms in total. The topological polar surface area (TPSA) is 105 Å². The van der Waals surface area contributed by atoms with Crippen molar-refractivity contribution < 1.29 is 23.1 Å². The van der Waals surface area contributed by atoms with E-state index in [9.17, 15) is 18.3 Å². The number of nitrogens with one attached hydrogen (secondary N) is 2. The number of benzene rings is 1. The van der Waals surface area contributed by atoms with E-state index in [1.807, 2.05) is 0 Å². The molecule has 2 aliphatic rings. The molecule has 1 heterocycles. The standard InChI is InChI=1S/C19H28N2O5S/c1-13-4-2-3-5-18(13)27(24,25)20-11-10-15-8-9-16(17(12-22)26-15)21-19(23)14-6-7-14/h2-5,14-17,20,22H,6-12H2,1H3,(H,21,23)/t15-,16+,17+/m0/s1. The third-order valence-corrected chi connectivity index (χ3v) is 6.83. The van der Waals surface area contributed by atoms with Crippen LogP contribution in [0.2, 0.25) is 0 Å². The van der Waals surface area contributed by atoms with Crippen LogP contribution in [0.15, 0.2) is 29.2 Å². The highest BCUT2D eigenvalue weighted by molar-refractivity contribution is 7.89. The minimum Gasteiger partial charge on any atom is -0.394 e. The monoisotopic (exact) mass is 396 g/mol. The normalized spacial score (nSPS) is 25.9. The van der Waals surface area contributed by atoms with Gasteiger partial charge in [-0.25, -0.2) is 13.1 Å². The second kappa shape index (κ2) is 8.68. The van der Waals surface area contributed by atoms with E-state index in [0.29, 0.717) is 12.0 Å². The van der Waals surface area contributed by atoms with E-state index >= 15 is 0 Å². The number of hydrogen-bond donors (Lipinski definition) is 3. The molecule has 150 valence electrons. The summed E-state index contributed by atoms with van der Waals surface area (Å²) >= 11 is 0. The van der Waals surface area contributed by atoms with Gasteiger partial charge in [0.1, 0.15) is 6.10 Å². The van der Waals surface area contributed by atoms with Gasteiger partial charge in [0.2, 0.25) is 15.9 Å². The average Bonchev–Trinajstić information content (AvgIpc) is 3.48. The Labute approximate surface area is 160 Å². The van der Waals surface area contributed by atoms with Crippen LogP contribution in [0.4, 0.5) is 0 Å². The van der Waals surface area contributed by atoms with Crippen molar-refractivity contribution in [2.45, 2.75) is 62.2 Å². The van der Waals surface area contributed by atoms with Crippen molar-refractivity contribution >= 4 is 15.9 Å². The van der Waals surface area contributed by atoms with Gasteiger partial charge in [-0.05, 0) is 50.7 Å². The van der Waals surface area contributed by atoms with Crippen molar-refractivity contribution in [1.82, 2.24) is 10.0 Å². The van der Waals surface area contributed by atoms with Crippen LogP contribution in [0.1, 0.15) is 37.7 Å². The predicted molar refractivity (Wildman–Crippen MR) is 101 cm³/mol. The first-order valence-electron chi connectivity index (χ1n) is 9.52. The second-order valence-electron chi connectivity index (χ2n) is 7.40. The molecule has 8 heteroatoms. The molecule has 1 aromatic rings. The Morgan fingerprint density at radius 2 is 1.96 bits per heavy atom. The van der Waals surface area contributed by atoms with Crippen LogP contribution in [0.5, 0.6) is 0 Å². The van der Waals surface area contributed by atoms with Crippen molar-refractivity contribution in [2.75, 3.05) is 13.2 Å². The van der Waals surface area contributed by atoms with Crippen molar-refractivity contribution in [3.63, 3.8) is 0 Å². The number of hydrogen-bond acceptors (Lipinski definition) is 5. The zero-order valence-corrected chi connectivity index (χ0v) is 16.4. The third kappa shape index (κ3) is 5.28. The molecule has 1 saturated carbocycles. The summed E-state index contributed by atoms with van der Waals surface area (Å²) in [5, 5.41) is 12.6. The lowest BCUT2D eigenvalue weighted by atomic mass is 9.97. The summed E-state index contributed by atoms with van der Waals surface area (Å²) in [7, 11) is -3.55. The molecule has 0 spiro atoms. The van der Waals surface area contributed by atoms with Gasteiger partial charge in [-0.15, -0.1) is 0 Å². The quantitative estimate of drug-likeness (QED) is 0.610. The maximum Gasteiger partial charge on any atom is 0.240 e. The highest BCUT2D eigenvalue weighted by Gasteiger charge is 2.36. The number of ether oxygens (including phenoxy) is 1. The molecule has 1 aliphatic heterocycles. The van der Waals surface area contributed by atoms with E-state index < -0.39 is 16.1 Å². The molecule has 3 N–H and O–H groups in total. The van der Waals surface area contributed by atoms with E-state index in [4.69, 9.17) is 4.74 Å². The fourth-order valence-corrected chi connectivity index (χ4v) is 4.74. The van der Waals surface area contributed by atoms with Crippen LogP contribution in [0.3, 0.4) is 0 Å². The molecule has 3 rings (SSSR count). The number of sulfonamides is 1. The average molecular weight is 397 g/mol.